The highest BCUT2D eigenvalue weighted by molar-refractivity contribution is 8.00. The van der Waals surface area contributed by atoms with Crippen LogP contribution in [0.3, 0.4) is 0 Å². The van der Waals surface area contributed by atoms with Crippen molar-refractivity contribution in [1.82, 2.24) is 5.27 Å². The van der Waals surface area contributed by atoms with Gasteiger partial charge >= 0.3 is 5.97 Å². The third-order valence-corrected chi connectivity index (χ3v) is 9.17. The molecule has 0 fully saturated rings. The summed E-state index contributed by atoms with van der Waals surface area (Å²) in [6, 6.07) is 9.13. The number of thioether (sulfide) groups is 1. The average molecular weight is 530 g/mol. The van der Waals surface area contributed by atoms with E-state index in [0.29, 0.717) is 28.6 Å². The van der Waals surface area contributed by atoms with Crippen molar-refractivity contribution in [3.63, 3.8) is 0 Å². The van der Waals surface area contributed by atoms with Crippen LogP contribution in [0.2, 0.25) is 0 Å². The maximum atomic E-state index is 13.4. The number of carbonyl (C=O) groups excluding carboxylic acids is 2. The highest BCUT2D eigenvalue weighted by atomic mass is 32.2. The van der Waals surface area contributed by atoms with E-state index in [1.165, 1.54) is 23.1 Å². The first-order chi connectivity index (χ1) is 17.1. The van der Waals surface area contributed by atoms with Crippen LogP contribution in [0, 0.1) is 11.3 Å². The van der Waals surface area contributed by atoms with E-state index in [9.17, 15) is 14.7 Å². The molecule has 0 saturated heterocycles. The summed E-state index contributed by atoms with van der Waals surface area (Å²) in [5, 5.41) is 19.4. The molecule has 1 aliphatic rings. The van der Waals surface area contributed by atoms with Gasteiger partial charge in [0, 0.05) is 17.0 Å². The van der Waals surface area contributed by atoms with E-state index in [1.54, 1.807) is 12.1 Å². The highest BCUT2D eigenvalue weighted by Gasteiger charge is 2.35. The quantitative estimate of drug-likeness (QED) is 0.272. The summed E-state index contributed by atoms with van der Waals surface area (Å²) in [6.07, 6.45) is 3.09. The Bertz CT molecular complexity index is 1250. The number of esters is 1. The Balaban J connectivity index is 1.60. The summed E-state index contributed by atoms with van der Waals surface area (Å²) >= 11 is 2.55. The molecular formula is C26H31N3O5S2. The number of methoxy groups -OCH3 is 1. The van der Waals surface area contributed by atoms with Gasteiger partial charge in [-0.3, -0.25) is 4.79 Å². The minimum absolute atomic E-state index is 0.156. The van der Waals surface area contributed by atoms with Crippen molar-refractivity contribution >= 4 is 40.0 Å². The standard InChI is InChI=1S/C26H31N3O5S2/c1-6-18(36-23-25(32)34-28-29(23)16-10-8-7-9-11-16)21(30)27-22-20(24(31)33-5)17-13-12-15(26(2,3)4)14-19(17)35-22/h7-11,15,18H,6,12-14H2,1-5H3,(H-,27,28,30,31,32). The number of benzene rings is 1. The number of amides is 1. The van der Waals surface area contributed by atoms with E-state index in [2.05, 4.69) is 31.4 Å². The summed E-state index contributed by atoms with van der Waals surface area (Å²) in [7, 11) is 1.35. The topological polar surface area (TPSA) is 108 Å². The molecule has 1 N–H and O–H groups in total. The molecule has 0 saturated carbocycles. The van der Waals surface area contributed by atoms with Crippen LogP contribution in [-0.4, -0.2) is 29.5 Å². The number of nitrogens with one attached hydrogen (secondary N) is 1. The molecule has 4 rings (SSSR count). The lowest BCUT2D eigenvalue weighted by Gasteiger charge is -2.33. The molecule has 0 aliphatic heterocycles. The van der Waals surface area contributed by atoms with E-state index in [4.69, 9.17) is 9.26 Å². The molecular weight excluding hydrogens is 498 g/mol. The summed E-state index contributed by atoms with van der Waals surface area (Å²) < 4.78 is 11.4. The van der Waals surface area contributed by atoms with Crippen LogP contribution in [-0.2, 0) is 22.4 Å². The number of anilines is 1. The fourth-order valence-electron chi connectivity index (χ4n) is 4.45. The predicted molar refractivity (Wildman–Crippen MR) is 137 cm³/mol. The van der Waals surface area contributed by atoms with Crippen LogP contribution >= 0.6 is 23.1 Å². The number of carbonyl (C=O) groups is 2. The Kier molecular flexibility index (Phi) is 7.75. The van der Waals surface area contributed by atoms with Crippen LogP contribution in [0.5, 0.6) is 5.95 Å². The maximum absolute atomic E-state index is 13.4. The summed E-state index contributed by atoms with van der Waals surface area (Å²) in [4.78, 5) is 27.2. The Morgan fingerprint density at radius 2 is 2.06 bits per heavy atom. The van der Waals surface area contributed by atoms with Gasteiger partial charge in [0.25, 0.3) is 5.03 Å². The van der Waals surface area contributed by atoms with Crippen LogP contribution in [0.1, 0.15) is 61.3 Å². The monoisotopic (exact) mass is 529 g/mol. The van der Waals surface area contributed by atoms with E-state index >= 15 is 0 Å². The summed E-state index contributed by atoms with van der Waals surface area (Å²) in [5.41, 5.74) is 2.25. The molecule has 1 amide bonds. The average Bonchev–Trinajstić information content (AvgIpc) is 3.40. The third-order valence-electron chi connectivity index (χ3n) is 6.61. The summed E-state index contributed by atoms with van der Waals surface area (Å²) in [5.74, 6) is -0.848. The lowest BCUT2D eigenvalue weighted by atomic mass is 9.72. The first-order valence-electron chi connectivity index (χ1n) is 12.0. The van der Waals surface area contributed by atoms with E-state index < -0.39 is 17.2 Å². The van der Waals surface area contributed by atoms with E-state index in [-0.39, 0.29) is 16.3 Å². The second-order valence-electron chi connectivity index (χ2n) is 9.92. The molecule has 192 valence electrons. The zero-order chi connectivity index (χ0) is 26.0. The molecule has 36 heavy (non-hydrogen) atoms. The number of hydrogen-bond donors (Lipinski definition) is 1. The number of nitrogens with zero attached hydrogens (tertiary/aromatic N) is 2. The second-order valence-corrected chi connectivity index (χ2v) is 12.2. The molecule has 0 bridgehead atoms. The summed E-state index contributed by atoms with van der Waals surface area (Å²) in [6.45, 7) is 8.58. The van der Waals surface area contributed by atoms with Crippen molar-refractivity contribution < 1.29 is 28.6 Å². The van der Waals surface area contributed by atoms with Crippen molar-refractivity contribution in [2.45, 2.75) is 63.7 Å². The molecule has 2 unspecified atom stereocenters. The normalized spacial score (nSPS) is 16.3. The molecule has 2 heterocycles. The van der Waals surface area contributed by atoms with Crippen molar-refractivity contribution in [2.75, 3.05) is 12.4 Å². The lowest BCUT2D eigenvalue weighted by molar-refractivity contribution is -0.705. The largest absolute Gasteiger partial charge is 0.538 e. The van der Waals surface area contributed by atoms with Crippen molar-refractivity contribution in [3.05, 3.63) is 46.3 Å². The number of aromatic nitrogens is 2. The minimum atomic E-state index is -0.606. The number of ether oxygens (including phenoxy) is 1. The number of hydrogen-bond acceptors (Lipinski definition) is 8. The maximum Gasteiger partial charge on any atom is 0.341 e. The van der Waals surface area contributed by atoms with Gasteiger partial charge in [0.1, 0.15) is 5.00 Å². The zero-order valence-electron chi connectivity index (χ0n) is 21.1. The molecule has 0 radical (unpaired) electrons. The third kappa shape index (κ3) is 5.29. The molecule has 3 aromatic rings. The smallest absolute Gasteiger partial charge is 0.341 e. The van der Waals surface area contributed by atoms with Crippen molar-refractivity contribution in [1.29, 1.82) is 0 Å². The Morgan fingerprint density at radius 1 is 1.33 bits per heavy atom. The van der Waals surface area contributed by atoms with Gasteiger partial charge in [-0.25, -0.2) is 4.79 Å². The number of thiophene rings is 1. The van der Waals surface area contributed by atoms with Gasteiger partial charge in [-0.2, -0.15) is 0 Å². The Labute approximate surface area is 219 Å². The highest BCUT2D eigenvalue weighted by Crippen LogP contribution is 2.44. The van der Waals surface area contributed by atoms with Gasteiger partial charge < -0.3 is 19.7 Å². The molecule has 2 aromatic heterocycles. The van der Waals surface area contributed by atoms with E-state index in [1.807, 2.05) is 25.1 Å². The molecule has 8 nitrogen and oxygen atoms in total. The number of fused-ring (bicyclic) bond motifs is 1. The Morgan fingerprint density at radius 3 is 2.69 bits per heavy atom. The molecule has 1 aromatic carbocycles. The zero-order valence-corrected chi connectivity index (χ0v) is 22.8. The first kappa shape index (κ1) is 26.2. The fourth-order valence-corrected chi connectivity index (χ4v) is 6.75. The van der Waals surface area contributed by atoms with Gasteiger partial charge in [0.05, 0.1) is 23.2 Å². The number of para-hydroxylation sites is 1. The van der Waals surface area contributed by atoms with Gasteiger partial charge in [-0.05, 0) is 59.0 Å². The van der Waals surface area contributed by atoms with Crippen molar-refractivity contribution in [2.24, 2.45) is 11.3 Å². The van der Waals surface area contributed by atoms with Gasteiger partial charge in [-0.15, -0.1) is 11.3 Å². The lowest BCUT2D eigenvalue weighted by Crippen LogP contribution is -2.36. The SMILES string of the molecule is CCC(Sc1c([O-])on[n+]1-c1ccccc1)C(=O)Nc1sc2c(c1C(=O)OC)CCC(C(C)(C)C)C2. The van der Waals surface area contributed by atoms with Crippen LogP contribution in [0.15, 0.2) is 39.9 Å². The van der Waals surface area contributed by atoms with Gasteiger partial charge in [0.15, 0.2) is 5.95 Å². The van der Waals surface area contributed by atoms with Crippen LogP contribution in [0.25, 0.3) is 5.69 Å². The molecule has 2 atom stereocenters. The van der Waals surface area contributed by atoms with E-state index in [0.717, 1.165) is 41.5 Å². The first-order valence-corrected chi connectivity index (χ1v) is 13.7. The van der Waals surface area contributed by atoms with Crippen molar-refractivity contribution in [3.8, 4) is 11.6 Å². The number of rotatable bonds is 7. The van der Waals surface area contributed by atoms with Crippen LogP contribution < -0.4 is 15.1 Å². The second kappa shape index (κ2) is 10.6. The fraction of sp³-hybridized carbons (Fsp3) is 0.462. The van der Waals surface area contributed by atoms with Gasteiger partial charge in [0.2, 0.25) is 11.6 Å². The molecule has 1 aliphatic carbocycles. The Hall–Kier alpha value is -2.85. The van der Waals surface area contributed by atoms with Crippen LogP contribution in [0.4, 0.5) is 5.00 Å². The molecule has 10 heteroatoms. The van der Waals surface area contributed by atoms with Gasteiger partial charge in [-0.1, -0.05) is 45.9 Å². The molecule has 0 spiro atoms. The minimum Gasteiger partial charge on any atom is -0.538 e. The predicted octanol–water partition coefficient (Wildman–Crippen LogP) is 4.53.